The van der Waals surface area contributed by atoms with Crippen molar-refractivity contribution >= 4 is 11.7 Å². The lowest BCUT2D eigenvalue weighted by molar-refractivity contribution is -0.140. The van der Waals surface area contributed by atoms with E-state index < -0.39 is 0 Å². The van der Waals surface area contributed by atoms with Crippen molar-refractivity contribution in [3.63, 3.8) is 0 Å². The molecule has 2 aromatic rings. The maximum Gasteiger partial charge on any atom is 0.307 e. The van der Waals surface area contributed by atoms with Gasteiger partial charge >= 0.3 is 5.97 Å². The van der Waals surface area contributed by atoms with E-state index in [0.29, 0.717) is 18.9 Å². The Bertz CT molecular complexity index is 750. The average molecular weight is 356 g/mol. The Morgan fingerprint density at radius 1 is 1.38 bits per heavy atom. The van der Waals surface area contributed by atoms with Crippen molar-refractivity contribution in [2.75, 3.05) is 38.2 Å². The summed E-state index contributed by atoms with van der Waals surface area (Å²) in [6.07, 6.45) is 1.56. The Kier molecular flexibility index (Phi) is 5.93. The van der Waals surface area contributed by atoms with Crippen molar-refractivity contribution in [1.29, 1.82) is 0 Å². The number of aromatic nitrogens is 2. The first-order valence-corrected chi connectivity index (χ1v) is 9.23. The molecule has 1 aliphatic heterocycles. The molecule has 1 aliphatic rings. The summed E-state index contributed by atoms with van der Waals surface area (Å²) in [6, 6.07) is 10.5. The van der Waals surface area contributed by atoms with Gasteiger partial charge in [-0.3, -0.25) is 4.79 Å². The Morgan fingerprint density at radius 3 is 2.88 bits per heavy atom. The van der Waals surface area contributed by atoms with E-state index in [9.17, 15) is 4.79 Å². The number of esters is 1. The van der Waals surface area contributed by atoms with Crippen LogP contribution in [0.25, 0.3) is 5.69 Å². The third-order valence-corrected chi connectivity index (χ3v) is 4.90. The lowest BCUT2D eigenvalue weighted by Crippen LogP contribution is -2.32. The number of anilines is 1. The van der Waals surface area contributed by atoms with Crippen LogP contribution in [-0.4, -0.2) is 49.0 Å². The molecule has 6 heteroatoms. The minimum atomic E-state index is -0.172. The number of nitrogens with one attached hydrogen (secondary N) is 1. The van der Waals surface area contributed by atoms with Crippen LogP contribution in [0.4, 0.5) is 5.69 Å². The van der Waals surface area contributed by atoms with Gasteiger partial charge in [-0.15, -0.1) is 0 Å². The minimum Gasteiger partial charge on any atom is -0.469 e. The molecule has 140 valence electrons. The molecule has 0 aliphatic carbocycles. The molecule has 3 rings (SSSR count). The molecule has 1 aromatic carbocycles. The molecule has 1 unspecified atom stereocenters. The number of hydrogen-bond acceptors (Lipinski definition) is 5. The van der Waals surface area contributed by atoms with Crippen LogP contribution in [0.2, 0.25) is 0 Å². The van der Waals surface area contributed by atoms with Crippen LogP contribution < -0.4 is 10.2 Å². The second kappa shape index (κ2) is 8.36. The molecule has 0 radical (unpaired) electrons. The van der Waals surface area contributed by atoms with Gasteiger partial charge in [-0.2, -0.15) is 5.10 Å². The summed E-state index contributed by atoms with van der Waals surface area (Å²) in [5.41, 5.74) is 4.28. The van der Waals surface area contributed by atoms with Crippen LogP contribution in [0.3, 0.4) is 0 Å². The maximum atomic E-state index is 11.6. The van der Waals surface area contributed by atoms with Crippen molar-refractivity contribution < 1.29 is 9.53 Å². The fourth-order valence-corrected chi connectivity index (χ4v) is 3.55. The minimum absolute atomic E-state index is 0.172. The molecule has 26 heavy (non-hydrogen) atoms. The van der Waals surface area contributed by atoms with E-state index in [4.69, 9.17) is 4.74 Å². The summed E-state index contributed by atoms with van der Waals surface area (Å²) >= 11 is 0. The fraction of sp³-hybridized carbons (Fsp3) is 0.500. The van der Waals surface area contributed by atoms with Crippen molar-refractivity contribution in [2.24, 2.45) is 5.92 Å². The molecular formula is C20H28N4O2. The standard InChI is InChI=1S/C20H28N4O2/c1-15-11-16(2)24(22-15)19-6-4-5-18(12-19)23(10-8-20(25)26-3)14-17-7-9-21-13-17/h4-6,11-12,17,21H,7-10,13-14H2,1-3H3. The van der Waals surface area contributed by atoms with Crippen LogP contribution in [-0.2, 0) is 9.53 Å². The average Bonchev–Trinajstić information content (AvgIpc) is 3.27. The number of hydrogen-bond donors (Lipinski definition) is 1. The largest absolute Gasteiger partial charge is 0.469 e. The third-order valence-electron chi connectivity index (χ3n) is 4.90. The second-order valence-corrected chi connectivity index (χ2v) is 6.99. The molecule has 1 atom stereocenters. The lowest BCUT2D eigenvalue weighted by atomic mass is 10.1. The van der Waals surface area contributed by atoms with Gasteiger partial charge in [0, 0.05) is 24.5 Å². The number of methoxy groups -OCH3 is 1. The molecular weight excluding hydrogens is 328 g/mol. The summed E-state index contributed by atoms with van der Waals surface area (Å²) < 4.78 is 6.79. The van der Waals surface area contributed by atoms with Crippen molar-refractivity contribution in [1.82, 2.24) is 15.1 Å². The molecule has 0 bridgehead atoms. The number of carbonyl (C=O) groups excluding carboxylic acids is 1. The number of aryl methyl sites for hydroxylation is 2. The van der Waals surface area contributed by atoms with Crippen LogP contribution in [0.15, 0.2) is 30.3 Å². The summed E-state index contributed by atoms with van der Waals surface area (Å²) in [7, 11) is 1.44. The Labute approximate surface area is 155 Å². The zero-order valence-corrected chi connectivity index (χ0v) is 15.9. The topological polar surface area (TPSA) is 59.4 Å². The number of rotatable bonds is 7. The van der Waals surface area contributed by atoms with Gasteiger partial charge in [0.25, 0.3) is 0 Å². The van der Waals surface area contributed by atoms with Gasteiger partial charge in [-0.05, 0) is 63.5 Å². The van der Waals surface area contributed by atoms with Gasteiger partial charge in [0.15, 0.2) is 0 Å². The first-order chi connectivity index (χ1) is 12.6. The van der Waals surface area contributed by atoms with Gasteiger partial charge < -0.3 is 15.0 Å². The highest BCUT2D eigenvalue weighted by atomic mass is 16.5. The Balaban J connectivity index is 1.83. The predicted octanol–water partition coefficient (Wildman–Crippen LogP) is 2.47. The number of ether oxygens (including phenoxy) is 1. The van der Waals surface area contributed by atoms with E-state index >= 15 is 0 Å². The van der Waals surface area contributed by atoms with Crippen molar-refractivity contribution in [3.05, 3.63) is 41.7 Å². The first-order valence-electron chi connectivity index (χ1n) is 9.23. The summed E-state index contributed by atoms with van der Waals surface area (Å²) in [4.78, 5) is 13.9. The van der Waals surface area contributed by atoms with Gasteiger partial charge in [0.2, 0.25) is 0 Å². The van der Waals surface area contributed by atoms with E-state index in [0.717, 1.165) is 42.4 Å². The van der Waals surface area contributed by atoms with Crippen LogP contribution in [0, 0.1) is 19.8 Å². The molecule has 1 fully saturated rings. The normalized spacial score (nSPS) is 16.7. The number of benzene rings is 1. The summed E-state index contributed by atoms with van der Waals surface area (Å²) in [6.45, 7) is 7.76. The molecule has 1 N–H and O–H groups in total. The van der Waals surface area contributed by atoms with Crippen LogP contribution in [0.1, 0.15) is 24.2 Å². The summed E-state index contributed by atoms with van der Waals surface area (Å²) in [5, 5.41) is 8.01. The van der Waals surface area contributed by atoms with Gasteiger partial charge in [-0.1, -0.05) is 6.07 Å². The van der Waals surface area contributed by atoms with Crippen molar-refractivity contribution in [2.45, 2.75) is 26.7 Å². The molecule has 0 saturated carbocycles. The zero-order valence-electron chi connectivity index (χ0n) is 15.9. The highest BCUT2D eigenvalue weighted by Gasteiger charge is 2.20. The lowest BCUT2D eigenvalue weighted by Gasteiger charge is -2.27. The van der Waals surface area contributed by atoms with Crippen LogP contribution in [0.5, 0.6) is 0 Å². The smallest absolute Gasteiger partial charge is 0.307 e. The fourth-order valence-electron chi connectivity index (χ4n) is 3.55. The molecule has 1 saturated heterocycles. The predicted molar refractivity (Wildman–Crippen MR) is 103 cm³/mol. The van der Waals surface area contributed by atoms with E-state index in [1.54, 1.807) is 0 Å². The van der Waals surface area contributed by atoms with Crippen LogP contribution >= 0.6 is 0 Å². The summed E-state index contributed by atoms with van der Waals surface area (Å²) in [5.74, 6) is 0.430. The van der Waals surface area contributed by atoms with E-state index in [1.807, 2.05) is 11.6 Å². The Morgan fingerprint density at radius 2 is 2.23 bits per heavy atom. The van der Waals surface area contributed by atoms with Crippen molar-refractivity contribution in [3.8, 4) is 5.69 Å². The second-order valence-electron chi connectivity index (χ2n) is 6.99. The zero-order chi connectivity index (χ0) is 18.5. The molecule has 1 aromatic heterocycles. The van der Waals surface area contributed by atoms with Gasteiger partial charge in [0.1, 0.15) is 0 Å². The quantitative estimate of drug-likeness (QED) is 0.773. The number of carbonyl (C=O) groups is 1. The third kappa shape index (κ3) is 4.43. The SMILES string of the molecule is COC(=O)CCN(CC1CCNC1)c1cccc(-n2nc(C)cc2C)c1. The highest BCUT2D eigenvalue weighted by Crippen LogP contribution is 2.23. The van der Waals surface area contributed by atoms with E-state index in [-0.39, 0.29) is 5.97 Å². The first kappa shape index (κ1) is 18.5. The van der Waals surface area contributed by atoms with E-state index in [1.165, 1.54) is 13.5 Å². The number of nitrogens with zero attached hydrogens (tertiary/aromatic N) is 3. The van der Waals surface area contributed by atoms with Gasteiger partial charge in [0.05, 0.1) is 24.9 Å². The molecule has 2 heterocycles. The highest BCUT2D eigenvalue weighted by molar-refractivity contribution is 5.70. The van der Waals surface area contributed by atoms with E-state index in [2.05, 4.69) is 52.6 Å². The maximum absolute atomic E-state index is 11.6. The Hall–Kier alpha value is -2.34. The molecule has 6 nitrogen and oxygen atoms in total. The molecule has 0 spiro atoms. The monoisotopic (exact) mass is 356 g/mol. The van der Waals surface area contributed by atoms with Gasteiger partial charge in [-0.25, -0.2) is 4.68 Å². The molecule has 0 amide bonds.